The minimum atomic E-state index is 0.0438. The van der Waals surface area contributed by atoms with Crippen LogP contribution in [-0.4, -0.2) is 0 Å². The second-order valence-corrected chi connectivity index (χ2v) is 5.44. The van der Waals surface area contributed by atoms with Gasteiger partial charge in [-0.3, -0.25) is 0 Å². The lowest BCUT2D eigenvalue weighted by Gasteiger charge is -2.17. The van der Waals surface area contributed by atoms with Gasteiger partial charge in [-0.1, -0.05) is 23.2 Å². The maximum atomic E-state index is 6.24. The van der Waals surface area contributed by atoms with E-state index in [-0.39, 0.29) is 6.04 Å². The van der Waals surface area contributed by atoms with Crippen LogP contribution in [0.5, 0.6) is 0 Å². The SMILES string of the molecule is CC(Nc1c(Cl)cc(Cl)c2c1N=S=N2)c1ccoc1. The third-order valence-electron chi connectivity index (χ3n) is 2.85. The summed E-state index contributed by atoms with van der Waals surface area (Å²) < 4.78 is 13.5. The van der Waals surface area contributed by atoms with Crippen LogP contribution in [0.4, 0.5) is 17.1 Å². The largest absolute Gasteiger partial charge is 0.472 e. The van der Waals surface area contributed by atoms with E-state index < -0.39 is 0 Å². The lowest BCUT2D eigenvalue weighted by atomic mass is 10.1. The molecule has 98 valence electrons. The van der Waals surface area contributed by atoms with Crippen molar-refractivity contribution in [1.82, 2.24) is 0 Å². The number of hydrogen-bond acceptors (Lipinski definition) is 4. The molecule has 0 radical (unpaired) electrons. The smallest absolute Gasteiger partial charge is 0.130 e. The van der Waals surface area contributed by atoms with Crippen LogP contribution in [0.1, 0.15) is 18.5 Å². The van der Waals surface area contributed by atoms with Gasteiger partial charge in [-0.2, -0.15) is 8.73 Å². The van der Waals surface area contributed by atoms with Crippen molar-refractivity contribution in [2.24, 2.45) is 8.73 Å². The molecule has 4 nitrogen and oxygen atoms in total. The zero-order chi connectivity index (χ0) is 13.4. The number of benzene rings is 1. The molecule has 0 amide bonds. The molecule has 2 aromatic rings. The molecule has 1 aromatic heterocycles. The molecule has 1 aliphatic rings. The Morgan fingerprint density at radius 3 is 2.79 bits per heavy atom. The fraction of sp³-hybridized carbons (Fsp3) is 0.167. The summed E-state index contributed by atoms with van der Waals surface area (Å²) in [4.78, 5) is 0. The standard InChI is InChI=1S/C12H9Cl2N3OS/c1-6(7-2-3-18-5-7)15-10-8(13)4-9(14)11-12(10)17-19-16-11/h2-6,15H,1H3. The molecule has 1 aliphatic heterocycles. The van der Waals surface area contributed by atoms with Crippen molar-refractivity contribution < 1.29 is 4.42 Å². The van der Waals surface area contributed by atoms with E-state index in [1.54, 1.807) is 18.6 Å². The van der Waals surface area contributed by atoms with Crippen LogP contribution in [-0.2, 0) is 11.4 Å². The second-order valence-electron chi connectivity index (χ2n) is 4.10. The number of halogens is 2. The van der Waals surface area contributed by atoms with Gasteiger partial charge in [0.2, 0.25) is 0 Å². The molecule has 1 aromatic carbocycles. The Morgan fingerprint density at radius 2 is 2.05 bits per heavy atom. The summed E-state index contributed by atoms with van der Waals surface area (Å²) in [6, 6.07) is 3.62. The molecule has 0 saturated carbocycles. The summed E-state index contributed by atoms with van der Waals surface area (Å²) >= 11 is 13.4. The highest BCUT2D eigenvalue weighted by Crippen LogP contribution is 2.48. The van der Waals surface area contributed by atoms with Crippen LogP contribution in [0.15, 0.2) is 37.8 Å². The van der Waals surface area contributed by atoms with E-state index in [9.17, 15) is 0 Å². The molecule has 0 spiro atoms. The first-order valence-electron chi connectivity index (χ1n) is 5.55. The minimum Gasteiger partial charge on any atom is -0.472 e. The molecule has 7 heteroatoms. The third kappa shape index (κ3) is 2.29. The summed E-state index contributed by atoms with van der Waals surface area (Å²) in [5, 5.41) is 4.36. The van der Waals surface area contributed by atoms with Crippen molar-refractivity contribution in [2.45, 2.75) is 13.0 Å². The fourth-order valence-electron chi connectivity index (χ4n) is 1.83. The van der Waals surface area contributed by atoms with Crippen molar-refractivity contribution in [3.63, 3.8) is 0 Å². The van der Waals surface area contributed by atoms with Gasteiger partial charge in [0.05, 0.1) is 45.7 Å². The maximum Gasteiger partial charge on any atom is 0.130 e. The number of anilines is 1. The van der Waals surface area contributed by atoms with E-state index in [2.05, 4.69) is 14.0 Å². The molecule has 0 fully saturated rings. The van der Waals surface area contributed by atoms with Crippen molar-refractivity contribution in [1.29, 1.82) is 0 Å². The van der Waals surface area contributed by atoms with E-state index in [1.807, 2.05) is 13.0 Å². The Hall–Kier alpha value is -1.30. The van der Waals surface area contributed by atoms with Crippen molar-refractivity contribution >= 4 is 51.6 Å². The number of nitrogens with one attached hydrogen (secondary N) is 1. The molecule has 0 aliphatic carbocycles. The van der Waals surface area contributed by atoms with E-state index in [0.29, 0.717) is 21.4 Å². The van der Waals surface area contributed by atoms with Crippen LogP contribution in [0.3, 0.4) is 0 Å². The summed E-state index contributed by atoms with van der Waals surface area (Å²) in [6.07, 6.45) is 3.33. The number of nitrogens with zero attached hydrogens (tertiary/aromatic N) is 2. The summed E-state index contributed by atoms with van der Waals surface area (Å²) in [7, 11) is 0. The Morgan fingerprint density at radius 1 is 1.26 bits per heavy atom. The van der Waals surface area contributed by atoms with E-state index in [1.165, 1.54) is 0 Å². The molecule has 2 heterocycles. The van der Waals surface area contributed by atoms with Gasteiger partial charge in [0.15, 0.2) is 0 Å². The molecular weight excluding hydrogens is 305 g/mol. The van der Waals surface area contributed by atoms with Crippen LogP contribution < -0.4 is 5.32 Å². The average molecular weight is 314 g/mol. The minimum absolute atomic E-state index is 0.0438. The maximum absolute atomic E-state index is 6.24. The van der Waals surface area contributed by atoms with Crippen LogP contribution >= 0.6 is 23.2 Å². The van der Waals surface area contributed by atoms with Gasteiger partial charge >= 0.3 is 0 Å². The van der Waals surface area contributed by atoms with Gasteiger partial charge in [0.25, 0.3) is 0 Å². The van der Waals surface area contributed by atoms with Gasteiger partial charge < -0.3 is 9.73 Å². The molecule has 3 rings (SSSR count). The number of fused-ring (bicyclic) bond motifs is 1. The lowest BCUT2D eigenvalue weighted by Crippen LogP contribution is -2.06. The highest BCUT2D eigenvalue weighted by Gasteiger charge is 2.20. The first-order chi connectivity index (χ1) is 9.16. The molecule has 0 saturated heterocycles. The van der Waals surface area contributed by atoms with E-state index >= 15 is 0 Å². The Labute approximate surface area is 123 Å². The van der Waals surface area contributed by atoms with Crippen molar-refractivity contribution in [3.05, 3.63) is 40.3 Å². The predicted molar refractivity (Wildman–Crippen MR) is 78.7 cm³/mol. The number of hydrogen-bond donors (Lipinski definition) is 1. The fourth-order valence-corrected chi connectivity index (χ4v) is 3.00. The predicted octanol–water partition coefficient (Wildman–Crippen LogP) is 5.49. The van der Waals surface area contributed by atoms with Gasteiger partial charge in [0, 0.05) is 5.56 Å². The van der Waals surface area contributed by atoms with Gasteiger partial charge in [-0.05, 0) is 19.1 Å². The van der Waals surface area contributed by atoms with E-state index in [4.69, 9.17) is 27.6 Å². The Kier molecular flexibility index (Phi) is 3.35. The van der Waals surface area contributed by atoms with E-state index in [0.717, 1.165) is 22.6 Å². The normalized spacial score (nSPS) is 14.1. The van der Waals surface area contributed by atoms with Gasteiger partial charge in [-0.15, -0.1) is 0 Å². The molecule has 0 bridgehead atoms. The van der Waals surface area contributed by atoms with Crippen LogP contribution in [0.25, 0.3) is 0 Å². The number of rotatable bonds is 3. The average Bonchev–Trinajstić information content (AvgIpc) is 3.04. The third-order valence-corrected chi connectivity index (χ3v) is 3.96. The van der Waals surface area contributed by atoms with Gasteiger partial charge in [-0.25, -0.2) is 0 Å². The monoisotopic (exact) mass is 313 g/mol. The molecular formula is C12H9Cl2N3OS. The zero-order valence-corrected chi connectivity index (χ0v) is 12.2. The highest BCUT2D eigenvalue weighted by atomic mass is 35.5. The summed E-state index contributed by atoms with van der Waals surface area (Å²) in [6.45, 7) is 2.02. The summed E-state index contributed by atoms with van der Waals surface area (Å²) in [5.41, 5.74) is 3.13. The van der Waals surface area contributed by atoms with Crippen molar-refractivity contribution in [3.8, 4) is 0 Å². The van der Waals surface area contributed by atoms with Gasteiger partial charge in [0.1, 0.15) is 11.4 Å². The highest BCUT2D eigenvalue weighted by molar-refractivity contribution is 7.58. The number of furan rings is 1. The lowest BCUT2D eigenvalue weighted by molar-refractivity contribution is 0.562. The first-order valence-corrected chi connectivity index (χ1v) is 7.04. The van der Waals surface area contributed by atoms with Crippen molar-refractivity contribution in [2.75, 3.05) is 5.32 Å². The van der Waals surface area contributed by atoms with Crippen LogP contribution in [0, 0.1) is 0 Å². The summed E-state index contributed by atoms with van der Waals surface area (Å²) in [5.74, 6) is 0. The quantitative estimate of drug-likeness (QED) is 0.695. The topological polar surface area (TPSA) is 49.9 Å². The Balaban J connectivity index is 1.98. The Bertz CT molecular complexity index is 693. The second kappa shape index (κ2) is 5.00. The molecule has 1 N–H and O–H groups in total. The molecule has 1 atom stereocenters. The molecule has 1 unspecified atom stereocenters. The first kappa shape index (κ1) is 12.7. The zero-order valence-electron chi connectivity index (χ0n) is 9.85. The molecule has 19 heavy (non-hydrogen) atoms. The van der Waals surface area contributed by atoms with Crippen LogP contribution in [0.2, 0.25) is 10.0 Å².